The number of carbonyl (C=O) groups is 1. The van der Waals surface area contributed by atoms with Gasteiger partial charge < -0.3 is 20.1 Å². The normalized spacial score (nSPS) is 21.8. The van der Waals surface area contributed by atoms with Gasteiger partial charge in [0.15, 0.2) is 0 Å². The molecule has 1 rings (SSSR count). The van der Waals surface area contributed by atoms with Crippen molar-refractivity contribution in [2.75, 3.05) is 26.8 Å². The Kier molecular flexibility index (Phi) is 6.58. The highest BCUT2D eigenvalue weighted by atomic mass is 16.6. The molecule has 19 heavy (non-hydrogen) atoms. The minimum absolute atomic E-state index is 0.0894. The highest BCUT2D eigenvalue weighted by Gasteiger charge is 2.23. The van der Waals surface area contributed by atoms with Crippen LogP contribution in [0.25, 0.3) is 0 Å². The van der Waals surface area contributed by atoms with Gasteiger partial charge in [0.1, 0.15) is 5.60 Å². The lowest BCUT2D eigenvalue weighted by molar-refractivity contribution is 0.0389. The van der Waals surface area contributed by atoms with Crippen LogP contribution < -0.4 is 10.6 Å². The average molecular weight is 272 g/mol. The van der Waals surface area contributed by atoms with Crippen molar-refractivity contribution < 1.29 is 14.3 Å². The van der Waals surface area contributed by atoms with Gasteiger partial charge in [0.05, 0.1) is 0 Å². The summed E-state index contributed by atoms with van der Waals surface area (Å²) in [7, 11) is 1.89. The molecule has 0 aromatic heterocycles. The molecule has 1 saturated heterocycles. The van der Waals surface area contributed by atoms with Crippen molar-refractivity contribution in [3.63, 3.8) is 0 Å². The Balaban J connectivity index is 2.40. The second kappa shape index (κ2) is 7.70. The van der Waals surface area contributed by atoms with Crippen molar-refractivity contribution in [3.8, 4) is 0 Å². The second-order valence-electron chi connectivity index (χ2n) is 6.22. The number of hydrogen-bond donors (Lipinski definition) is 2. The summed E-state index contributed by atoms with van der Waals surface area (Å²) < 4.78 is 10.8. The summed E-state index contributed by atoms with van der Waals surface area (Å²) >= 11 is 0. The van der Waals surface area contributed by atoms with Gasteiger partial charge in [0, 0.05) is 25.8 Å². The van der Waals surface area contributed by atoms with E-state index >= 15 is 0 Å². The van der Waals surface area contributed by atoms with Gasteiger partial charge in [-0.2, -0.15) is 0 Å². The van der Waals surface area contributed by atoms with Crippen molar-refractivity contribution in [1.82, 2.24) is 10.6 Å². The van der Waals surface area contributed by atoms with Crippen LogP contribution in [0, 0.1) is 5.92 Å². The fraction of sp³-hybridized carbons (Fsp3) is 0.929. The summed E-state index contributed by atoms with van der Waals surface area (Å²) in [6.07, 6.45) is 2.88. The largest absolute Gasteiger partial charge is 0.444 e. The Morgan fingerprint density at radius 3 is 2.74 bits per heavy atom. The standard InChI is InChI=1S/C14H28N2O3/c1-14(2,3)19-13(17)16-12(9-15-4)8-11-6-5-7-18-10-11/h11-12,15H,5-10H2,1-4H3,(H,16,17)/t11-,12+/m1/s1. The summed E-state index contributed by atoms with van der Waals surface area (Å²) in [5.41, 5.74) is -0.456. The third-order valence-corrected chi connectivity index (χ3v) is 3.04. The summed E-state index contributed by atoms with van der Waals surface area (Å²) in [5, 5.41) is 6.06. The van der Waals surface area contributed by atoms with Crippen LogP contribution in [0.5, 0.6) is 0 Å². The summed E-state index contributed by atoms with van der Waals surface area (Å²) in [6, 6.07) is 0.0894. The Labute approximate surface area is 116 Å². The predicted molar refractivity (Wildman–Crippen MR) is 75.2 cm³/mol. The maximum Gasteiger partial charge on any atom is 0.407 e. The van der Waals surface area contributed by atoms with Gasteiger partial charge in [-0.25, -0.2) is 4.79 Å². The number of ether oxygens (including phenoxy) is 2. The van der Waals surface area contributed by atoms with Gasteiger partial charge in [0.25, 0.3) is 0 Å². The number of rotatable bonds is 5. The number of nitrogens with one attached hydrogen (secondary N) is 2. The molecular weight excluding hydrogens is 244 g/mol. The number of amides is 1. The molecule has 2 atom stereocenters. The molecule has 2 N–H and O–H groups in total. The smallest absolute Gasteiger partial charge is 0.407 e. The first-order chi connectivity index (χ1) is 8.90. The van der Waals surface area contributed by atoms with Crippen LogP contribution in [-0.2, 0) is 9.47 Å². The van der Waals surface area contributed by atoms with Crippen LogP contribution in [0.1, 0.15) is 40.0 Å². The minimum Gasteiger partial charge on any atom is -0.444 e. The van der Waals surface area contributed by atoms with E-state index in [1.54, 1.807) is 0 Å². The number of hydrogen-bond acceptors (Lipinski definition) is 4. The first kappa shape index (κ1) is 16.2. The topological polar surface area (TPSA) is 59.6 Å². The lowest BCUT2D eigenvalue weighted by Crippen LogP contribution is -2.45. The molecule has 1 heterocycles. The predicted octanol–water partition coefficient (Wildman–Crippen LogP) is 1.92. The van der Waals surface area contributed by atoms with E-state index in [1.807, 2.05) is 27.8 Å². The maximum absolute atomic E-state index is 11.8. The molecule has 0 aliphatic carbocycles. The van der Waals surface area contributed by atoms with Gasteiger partial charge in [-0.1, -0.05) is 0 Å². The van der Waals surface area contributed by atoms with E-state index in [4.69, 9.17) is 9.47 Å². The van der Waals surface area contributed by atoms with Crippen molar-refractivity contribution in [2.24, 2.45) is 5.92 Å². The molecule has 0 aromatic rings. The zero-order valence-electron chi connectivity index (χ0n) is 12.6. The summed E-state index contributed by atoms with van der Waals surface area (Å²) in [4.78, 5) is 11.8. The molecular formula is C14H28N2O3. The van der Waals surface area contributed by atoms with E-state index in [0.717, 1.165) is 32.6 Å². The molecule has 1 amide bonds. The van der Waals surface area contributed by atoms with Crippen molar-refractivity contribution >= 4 is 6.09 Å². The fourth-order valence-electron chi connectivity index (χ4n) is 2.31. The fourth-order valence-corrected chi connectivity index (χ4v) is 2.31. The zero-order valence-corrected chi connectivity index (χ0v) is 12.6. The van der Waals surface area contributed by atoms with E-state index in [0.29, 0.717) is 5.92 Å². The van der Waals surface area contributed by atoms with Crippen LogP contribution in [-0.4, -0.2) is 44.5 Å². The number of carbonyl (C=O) groups excluding carboxylic acids is 1. The quantitative estimate of drug-likeness (QED) is 0.802. The van der Waals surface area contributed by atoms with Crippen molar-refractivity contribution in [1.29, 1.82) is 0 Å². The molecule has 1 aliphatic rings. The molecule has 5 heteroatoms. The molecule has 0 radical (unpaired) electrons. The molecule has 1 aliphatic heterocycles. The molecule has 0 aromatic carbocycles. The van der Waals surface area contributed by atoms with Gasteiger partial charge >= 0.3 is 6.09 Å². The number of alkyl carbamates (subject to hydrolysis) is 1. The summed E-state index contributed by atoms with van der Waals surface area (Å²) in [5.74, 6) is 0.530. The van der Waals surface area contributed by atoms with Crippen LogP contribution in [0.3, 0.4) is 0 Å². The molecule has 1 fully saturated rings. The number of likely N-dealkylation sites (N-methyl/N-ethyl adjacent to an activating group) is 1. The molecule has 0 saturated carbocycles. The van der Waals surface area contributed by atoms with E-state index < -0.39 is 5.60 Å². The maximum atomic E-state index is 11.8. The van der Waals surface area contributed by atoms with Crippen LogP contribution in [0.15, 0.2) is 0 Å². The van der Waals surface area contributed by atoms with Gasteiger partial charge in [-0.05, 0) is 53.0 Å². The molecule has 0 unspecified atom stereocenters. The van der Waals surface area contributed by atoms with Gasteiger partial charge in [-0.15, -0.1) is 0 Å². The Hall–Kier alpha value is -0.810. The Morgan fingerprint density at radius 1 is 1.47 bits per heavy atom. The van der Waals surface area contributed by atoms with E-state index in [9.17, 15) is 4.79 Å². The van der Waals surface area contributed by atoms with E-state index in [1.165, 1.54) is 6.42 Å². The molecule has 0 bridgehead atoms. The monoisotopic (exact) mass is 272 g/mol. The Bertz CT molecular complexity index is 270. The summed E-state index contributed by atoms with van der Waals surface area (Å²) in [6.45, 7) is 8.02. The zero-order chi connectivity index (χ0) is 14.3. The van der Waals surface area contributed by atoms with Crippen molar-refractivity contribution in [3.05, 3.63) is 0 Å². The lowest BCUT2D eigenvalue weighted by Gasteiger charge is -2.28. The SMILES string of the molecule is CNC[C@H](C[C@H]1CCCOC1)NC(=O)OC(C)(C)C. The van der Waals surface area contributed by atoms with E-state index in [-0.39, 0.29) is 12.1 Å². The molecule has 0 spiro atoms. The lowest BCUT2D eigenvalue weighted by atomic mass is 9.94. The second-order valence-corrected chi connectivity index (χ2v) is 6.22. The van der Waals surface area contributed by atoms with Gasteiger partial charge in [0.2, 0.25) is 0 Å². The van der Waals surface area contributed by atoms with Crippen LogP contribution >= 0.6 is 0 Å². The molecule has 112 valence electrons. The first-order valence-corrected chi connectivity index (χ1v) is 7.12. The van der Waals surface area contributed by atoms with Crippen LogP contribution in [0.4, 0.5) is 4.79 Å². The van der Waals surface area contributed by atoms with E-state index in [2.05, 4.69) is 10.6 Å². The van der Waals surface area contributed by atoms with Crippen LogP contribution in [0.2, 0.25) is 0 Å². The molecule has 5 nitrogen and oxygen atoms in total. The highest BCUT2D eigenvalue weighted by molar-refractivity contribution is 5.68. The minimum atomic E-state index is -0.456. The highest BCUT2D eigenvalue weighted by Crippen LogP contribution is 2.19. The average Bonchev–Trinajstić information content (AvgIpc) is 2.27. The van der Waals surface area contributed by atoms with Gasteiger partial charge in [-0.3, -0.25) is 0 Å². The Morgan fingerprint density at radius 2 is 2.21 bits per heavy atom. The third kappa shape index (κ3) is 7.38. The third-order valence-electron chi connectivity index (χ3n) is 3.04. The van der Waals surface area contributed by atoms with Crippen molar-refractivity contribution in [2.45, 2.75) is 51.7 Å². The first-order valence-electron chi connectivity index (χ1n) is 7.12.